The second kappa shape index (κ2) is 8.13. The van der Waals surface area contributed by atoms with Crippen molar-refractivity contribution in [3.05, 3.63) is 18.1 Å². The zero-order valence-corrected chi connectivity index (χ0v) is 16.7. The number of piperidine rings is 2. The van der Waals surface area contributed by atoms with E-state index in [0.717, 1.165) is 51.6 Å². The second-order valence-electron chi connectivity index (χ2n) is 8.58. The molecule has 1 aromatic rings. The molecule has 1 amide bonds. The van der Waals surface area contributed by atoms with Gasteiger partial charge in [0.15, 0.2) is 11.6 Å². The summed E-state index contributed by atoms with van der Waals surface area (Å²) in [5.74, 6) is 0.945. The highest BCUT2D eigenvalue weighted by molar-refractivity contribution is 5.68. The molecule has 28 heavy (non-hydrogen) atoms. The van der Waals surface area contributed by atoms with Crippen LogP contribution in [0, 0.1) is 11.7 Å². The lowest BCUT2D eigenvalue weighted by Crippen LogP contribution is -2.41. The number of carbonyl (C=O) groups is 1. The number of carbonyl (C=O) groups excluding carboxylic acids is 1. The minimum Gasteiger partial charge on any atom is -0.492 e. The zero-order valence-electron chi connectivity index (χ0n) is 16.7. The Morgan fingerprint density at radius 3 is 2.57 bits per heavy atom. The number of hydrogen-bond donors (Lipinski definition) is 0. The molecule has 154 valence electrons. The number of likely N-dealkylation sites (tertiary alicyclic amines) is 1. The van der Waals surface area contributed by atoms with E-state index >= 15 is 0 Å². The first kappa shape index (κ1) is 19.3. The van der Waals surface area contributed by atoms with Gasteiger partial charge in [0, 0.05) is 32.2 Å². The summed E-state index contributed by atoms with van der Waals surface area (Å²) < 4.78 is 25.8. The fourth-order valence-electron chi connectivity index (χ4n) is 3.88. The molecule has 1 saturated carbocycles. The number of anilines is 1. The maximum absolute atomic E-state index is 14.4. The number of amides is 1. The molecule has 0 atom stereocenters. The molecule has 1 aromatic heterocycles. The largest absolute Gasteiger partial charge is 0.492 e. The molecular formula is C21H30FN3O3. The Morgan fingerprint density at radius 2 is 1.93 bits per heavy atom. The smallest absolute Gasteiger partial charge is 0.410 e. The van der Waals surface area contributed by atoms with Crippen molar-refractivity contribution in [1.29, 1.82) is 0 Å². The van der Waals surface area contributed by atoms with Gasteiger partial charge in [-0.1, -0.05) is 0 Å². The van der Waals surface area contributed by atoms with Gasteiger partial charge in [0.1, 0.15) is 11.4 Å². The quantitative estimate of drug-likeness (QED) is 0.760. The highest BCUT2D eigenvalue weighted by Gasteiger charge is 2.43. The van der Waals surface area contributed by atoms with Crippen molar-refractivity contribution in [2.24, 2.45) is 5.92 Å². The molecule has 0 radical (unpaired) electrons. The number of pyridine rings is 1. The molecule has 0 aromatic carbocycles. The minimum atomic E-state index is -0.314. The monoisotopic (exact) mass is 391 g/mol. The third kappa shape index (κ3) is 4.67. The summed E-state index contributed by atoms with van der Waals surface area (Å²) in [6, 6.07) is 1.44. The highest BCUT2D eigenvalue weighted by atomic mass is 19.1. The van der Waals surface area contributed by atoms with E-state index in [1.807, 2.05) is 11.8 Å². The van der Waals surface area contributed by atoms with E-state index in [1.165, 1.54) is 12.5 Å². The van der Waals surface area contributed by atoms with Gasteiger partial charge in [-0.2, -0.15) is 0 Å². The van der Waals surface area contributed by atoms with Gasteiger partial charge in [0.25, 0.3) is 0 Å². The number of halogens is 1. The average Bonchev–Trinajstić information content (AvgIpc) is 3.44. The molecule has 3 fully saturated rings. The van der Waals surface area contributed by atoms with Gasteiger partial charge in [0.2, 0.25) is 0 Å². The second-order valence-corrected chi connectivity index (χ2v) is 8.58. The molecule has 2 saturated heterocycles. The Labute approximate surface area is 166 Å². The third-order valence-electron chi connectivity index (χ3n) is 6.10. The van der Waals surface area contributed by atoms with Crippen molar-refractivity contribution >= 4 is 11.9 Å². The van der Waals surface area contributed by atoms with E-state index in [2.05, 4.69) is 4.98 Å². The number of rotatable bonds is 5. The van der Waals surface area contributed by atoms with Gasteiger partial charge in [-0.3, -0.25) is 0 Å². The molecule has 0 spiro atoms. The SMILES string of the molecule is CC1(OC(=O)N2CCC(COc3cnc(N4CCCCC4)c(F)c3)CC2)CC1. The van der Waals surface area contributed by atoms with Crippen molar-refractivity contribution in [1.82, 2.24) is 9.88 Å². The number of aromatic nitrogens is 1. The van der Waals surface area contributed by atoms with E-state index in [4.69, 9.17) is 9.47 Å². The summed E-state index contributed by atoms with van der Waals surface area (Å²) in [6.07, 6.45) is 8.47. The van der Waals surface area contributed by atoms with Crippen molar-refractivity contribution < 1.29 is 18.7 Å². The van der Waals surface area contributed by atoms with Gasteiger partial charge in [-0.15, -0.1) is 0 Å². The van der Waals surface area contributed by atoms with Gasteiger partial charge in [-0.25, -0.2) is 14.2 Å². The Kier molecular flexibility index (Phi) is 5.60. The lowest BCUT2D eigenvalue weighted by atomic mass is 9.98. The summed E-state index contributed by atoms with van der Waals surface area (Å²) in [5.41, 5.74) is -0.228. The van der Waals surface area contributed by atoms with E-state index in [0.29, 0.717) is 37.2 Å². The van der Waals surface area contributed by atoms with E-state index in [1.54, 1.807) is 11.1 Å². The van der Waals surface area contributed by atoms with E-state index < -0.39 is 0 Å². The molecule has 0 N–H and O–H groups in total. The molecule has 4 rings (SSSR count). The molecule has 3 heterocycles. The first-order valence-electron chi connectivity index (χ1n) is 10.5. The van der Waals surface area contributed by atoms with Crippen LogP contribution in [0.3, 0.4) is 0 Å². The summed E-state index contributed by atoms with van der Waals surface area (Å²) in [4.78, 5) is 20.3. The Bertz CT molecular complexity index is 696. The minimum absolute atomic E-state index is 0.195. The fourth-order valence-corrected chi connectivity index (χ4v) is 3.88. The van der Waals surface area contributed by atoms with Gasteiger partial charge in [0.05, 0.1) is 12.8 Å². The molecule has 1 aliphatic carbocycles. The van der Waals surface area contributed by atoms with Crippen LogP contribution in [0.15, 0.2) is 12.3 Å². The topological polar surface area (TPSA) is 54.9 Å². The van der Waals surface area contributed by atoms with Crippen LogP contribution in [0.5, 0.6) is 5.75 Å². The van der Waals surface area contributed by atoms with Crippen LogP contribution in [-0.4, -0.2) is 54.4 Å². The van der Waals surface area contributed by atoms with Crippen LogP contribution in [0.25, 0.3) is 0 Å². The van der Waals surface area contributed by atoms with Crippen LogP contribution in [0.2, 0.25) is 0 Å². The van der Waals surface area contributed by atoms with Gasteiger partial charge in [-0.05, 0) is 57.8 Å². The number of hydrogen-bond acceptors (Lipinski definition) is 5. The zero-order chi connectivity index (χ0) is 19.6. The standard InChI is InChI=1S/C21H30FN3O3/c1-21(7-8-21)28-20(26)25-11-5-16(6-12-25)15-27-17-13-18(22)19(23-14-17)24-9-3-2-4-10-24/h13-14,16H,2-12,15H2,1H3. The lowest BCUT2D eigenvalue weighted by Gasteiger charge is -2.32. The van der Waals surface area contributed by atoms with E-state index in [9.17, 15) is 9.18 Å². The molecule has 2 aliphatic heterocycles. The average molecular weight is 391 g/mol. The van der Waals surface area contributed by atoms with Crippen LogP contribution in [0.1, 0.15) is 51.9 Å². The lowest BCUT2D eigenvalue weighted by molar-refractivity contribution is 0.0456. The van der Waals surface area contributed by atoms with Crippen LogP contribution < -0.4 is 9.64 Å². The van der Waals surface area contributed by atoms with Crippen molar-refractivity contribution in [3.63, 3.8) is 0 Å². The first-order chi connectivity index (χ1) is 13.5. The first-order valence-corrected chi connectivity index (χ1v) is 10.5. The highest BCUT2D eigenvalue weighted by Crippen LogP contribution is 2.39. The summed E-state index contributed by atoms with van der Waals surface area (Å²) >= 11 is 0. The summed E-state index contributed by atoms with van der Waals surface area (Å²) in [5, 5.41) is 0. The fraction of sp³-hybridized carbons (Fsp3) is 0.714. The Morgan fingerprint density at radius 1 is 1.21 bits per heavy atom. The molecule has 7 heteroatoms. The van der Waals surface area contributed by atoms with E-state index in [-0.39, 0.29) is 17.5 Å². The van der Waals surface area contributed by atoms with Gasteiger partial charge < -0.3 is 19.3 Å². The summed E-state index contributed by atoms with van der Waals surface area (Å²) in [7, 11) is 0. The Balaban J connectivity index is 1.23. The predicted octanol–water partition coefficient (Wildman–Crippen LogP) is 3.99. The third-order valence-corrected chi connectivity index (χ3v) is 6.10. The van der Waals surface area contributed by atoms with Crippen molar-refractivity contribution in [2.75, 3.05) is 37.7 Å². The molecule has 0 bridgehead atoms. The number of nitrogens with zero attached hydrogens (tertiary/aromatic N) is 3. The molecule has 0 unspecified atom stereocenters. The Hall–Kier alpha value is -2.05. The van der Waals surface area contributed by atoms with Crippen LogP contribution >= 0.6 is 0 Å². The van der Waals surface area contributed by atoms with Crippen LogP contribution in [0.4, 0.5) is 15.0 Å². The maximum atomic E-state index is 14.4. The molecular weight excluding hydrogens is 361 g/mol. The summed E-state index contributed by atoms with van der Waals surface area (Å²) in [6.45, 7) is 5.60. The normalized spacial score (nSPS) is 22.1. The van der Waals surface area contributed by atoms with Crippen molar-refractivity contribution in [3.8, 4) is 5.75 Å². The van der Waals surface area contributed by atoms with Gasteiger partial charge >= 0.3 is 6.09 Å². The molecule has 3 aliphatic rings. The maximum Gasteiger partial charge on any atom is 0.410 e. The van der Waals surface area contributed by atoms with Crippen molar-refractivity contribution in [2.45, 2.75) is 57.5 Å². The predicted molar refractivity (Wildman–Crippen MR) is 104 cm³/mol. The molecule has 6 nitrogen and oxygen atoms in total. The van der Waals surface area contributed by atoms with Crippen LogP contribution in [-0.2, 0) is 4.74 Å². The number of ether oxygens (including phenoxy) is 2.